The summed E-state index contributed by atoms with van der Waals surface area (Å²) in [6, 6.07) is 11.7. The Morgan fingerprint density at radius 2 is 1.80 bits per heavy atom. The quantitative estimate of drug-likeness (QED) is 0.939. The molecule has 0 aliphatic rings. The number of nitrogens with two attached hydrogens (primary N) is 1. The molecule has 0 aromatic heterocycles. The number of nitrogens with zero attached hydrogens (tertiary/aromatic N) is 1. The molecule has 106 valence electrons. The molecule has 0 aliphatic carbocycles. The largest absolute Gasteiger partial charge is 0.326 e. The van der Waals surface area contributed by atoms with E-state index in [-0.39, 0.29) is 10.6 Å². The zero-order valence-corrected chi connectivity index (χ0v) is 11.8. The van der Waals surface area contributed by atoms with Gasteiger partial charge in [-0.05, 0) is 35.9 Å². The summed E-state index contributed by atoms with van der Waals surface area (Å²) in [5.74, 6) is -0.483. The van der Waals surface area contributed by atoms with E-state index in [4.69, 9.17) is 5.73 Å². The Hall–Kier alpha value is -1.92. The summed E-state index contributed by atoms with van der Waals surface area (Å²) in [4.78, 5) is 0.140. The van der Waals surface area contributed by atoms with E-state index >= 15 is 0 Å². The lowest BCUT2D eigenvalue weighted by molar-refractivity contribution is 0.594. The van der Waals surface area contributed by atoms with Crippen molar-refractivity contribution < 1.29 is 12.8 Å². The SMILES string of the molecule is CN(c1cccc(F)c1)S(=O)(=O)c1ccc(CN)cc1. The fourth-order valence-corrected chi connectivity index (χ4v) is 2.95. The van der Waals surface area contributed by atoms with Crippen LogP contribution in [0, 0.1) is 5.82 Å². The maximum Gasteiger partial charge on any atom is 0.264 e. The second kappa shape index (κ2) is 5.60. The molecule has 2 aromatic carbocycles. The van der Waals surface area contributed by atoms with Crippen LogP contribution in [0.15, 0.2) is 53.4 Å². The van der Waals surface area contributed by atoms with Gasteiger partial charge in [-0.2, -0.15) is 0 Å². The number of benzene rings is 2. The molecule has 20 heavy (non-hydrogen) atoms. The standard InChI is InChI=1S/C14H15FN2O2S/c1-17(13-4-2-3-12(15)9-13)20(18,19)14-7-5-11(10-16)6-8-14/h2-9H,10,16H2,1H3. The third kappa shape index (κ3) is 2.81. The van der Waals surface area contributed by atoms with Crippen LogP contribution in [0.2, 0.25) is 0 Å². The number of sulfonamides is 1. The minimum absolute atomic E-state index is 0.140. The van der Waals surface area contributed by atoms with E-state index in [1.165, 1.54) is 43.4 Å². The van der Waals surface area contributed by atoms with Gasteiger partial charge in [-0.15, -0.1) is 0 Å². The lowest BCUT2D eigenvalue weighted by Crippen LogP contribution is -2.26. The van der Waals surface area contributed by atoms with Crippen molar-refractivity contribution in [2.45, 2.75) is 11.4 Å². The first-order valence-electron chi connectivity index (χ1n) is 5.98. The average molecular weight is 294 g/mol. The van der Waals surface area contributed by atoms with Gasteiger partial charge >= 0.3 is 0 Å². The van der Waals surface area contributed by atoms with E-state index in [2.05, 4.69) is 0 Å². The van der Waals surface area contributed by atoms with Crippen LogP contribution >= 0.6 is 0 Å². The number of hydrogen-bond donors (Lipinski definition) is 1. The topological polar surface area (TPSA) is 63.4 Å². The Labute approximate surface area is 117 Å². The van der Waals surface area contributed by atoms with E-state index in [0.29, 0.717) is 6.54 Å². The third-order valence-electron chi connectivity index (χ3n) is 2.99. The molecule has 0 unspecified atom stereocenters. The Morgan fingerprint density at radius 3 is 2.35 bits per heavy atom. The molecule has 0 bridgehead atoms. The molecule has 2 rings (SSSR count). The molecule has 0 radical (unpaired) electrons. The monoisotopic (exact) mass is 294 g/mol. The molecule has 0 fully saturated rings. The highest BCUT2D eigenvalue weighted by Gasteiger charge is 2.21. The maximum atomic E-state index is 13.2. The lowest BCUT2D eigenvalue weighted by atomic mass is 10.2. The predicted octanol–water partition coefficient (Wildman–Crippen LogP) is 2.11. The zero-order chi connectivity index (χ0) is 14.8. The third-order valence-corrected chi connectivity index (χ3v) is 4.79. The molecule has 2 N–H and O–H groups in total. The summed E-state index contributed by atoms with van der Waals surface area (Å²) < 4.78 is 39.1. The van der Waals surface area contributed by atoms with Gasteiger partial charge in [0.1, 0.15) is 5.82 Å². The molecule has 0 atom stereocenters. The molecule has 0 amide bonds. The summed E-state index contributed by atoms with van der Waals surface area (Å²) in [5, 5.41) is 0. The maximum absolute atomic E-state index is 13.2. The van der Waals surface area contributed by atoms with Crippen LogP contribution in [0.1, 0.15) is 5.56 Å². The van der Waals surface area contributed by atoms with E-state index in [1.54, 1.807) is 12.1 Å². The average Bonchev–Trinajstić information content (AvgIpc) is 2.46. The molecule has 0 heterocycles. The molecule has 6 heteroatoms. The van der Waals surface area contributed by atoms with Gasteiger partial charge in [-0.25, -0.2) is 12.8 Å². The van der Waals surface area contributed by atoms with Crippen molar-refractivity contribution in [3.63, 3.8) is 0 Å². The summed E-state index contributed by atoms with van der Waals surface area (Å²) in [5.41, 5.74) is 6.59. The Balaban J connectivity index is 2.38. The fraction of sp³-hybridized carbons (Fsp3) is 0.143. The minimum Gasteiger partial charge on any atom is -0.326 e. The second-order valence-corrected chi connectivity index (χ2v) is 6.27. The molecule has 2 aromatic rings. The van der Waals surface area contributed by atoms with Crippen molar-refractivity contribution >= 4 is 15.7 Å². The fourth-order valence-electron chi connectivity index (χ4n) is 1.77. The van der Waals surface area contributed by atoms with Crippen LogP contribution in [-0.4, -0.2) is 15.5 Å². The number of rotatable bonds is 4. The van der Waals surface area contributed by atoms with Crippen LogP contribution < -0.4 is 10.0 Å². The van der Waals surface area contributed by atoms with Crippen LogP contribution in [-0.2, 0) is 16.6 Å². The van der Waals surface area contributed by atoms with Crippen LogP contribution in [0.25, 0.3) is 0 Å². The highest BCUT2D eigenvalue weighted by atomic mass is 32.2. The van der Waals surface area contributed by atoms with Gasteiger partial charge in [0.2, 0.25) is 0 Å². The summed E-state index contributed by atoms with van der Waals surface area (Å²) >= 11 is 0. The number of anilines is 1. The van der Waals surface area contributed by atoms with E-state index < -0.39 is 15.8 Å². The highest BCUT2D eigenvalue weighted by Crippen LogP contribution is 2.22. The van der Waals surface area contributed by atoms with E-state index in [1.807, 2.05) is 0 Å². The Morgan fingerprint density at radius 1 is 1.15 bits per heavy atom. The summed E-state index contributed by atoms with van der Waals surface area (Å²) in [6.45, 7) is 0.347. The first-order chi connectivity index (χ1) is 9.45. The first-order valence-corrected chi connectivity index (χ1v) is 7.42. The van der Waals surface area contributed by atoms with Crippen molar-refractivity contribution in [1.82, 2.24) is 0 Å². The highest BCUT2D eigenvalue weighted by molar-refractivity contribution is 7.92. The summed E-state index contributed by atoms with van der Waals surface area (Å²) in [6.07, 6.45) is 0. The predicted molar refractivity (Wildman–Crippen MR) is 76.3 cm³/mol. The van der Waals surface area contributed by atoms with Crippen LogP contribution in [0.5, 0.6) is 0 Å². The minimum atomic E-state index is -3.71. The van der Waals surface area contributed by atoms with Crippen LogP contribution in [0.3, 0.4) is 0 Å². The van der Waals surface area contributed by atoms with E-state index in [9.17, 15) is 12.8 Å². The van der Waals surface area contributed by atoms with E-state index in [0.717, 1.165) is 9.87 Å². The Bertz CT molecular complexity index is 699. The molecule has 4 nitrogen and oxygen atoms in total. The van der Waals surface area contributed by atoms with Crippen LogP contribution in [0.4, 0.5) is 10.1 Å². The van der Waals surface area contributed by atoms with Crippen molar-refractivity contribution in [1.29, 1.82) is 0 Å². The summed E-state index contributed by atoms with van der Waals surface area (Å²) in [7, 11) is -2.32. The van der Waals surface area contributed by atoms with Gasteiger partial charge < -0.3 is 5.73 Å². The van der Waals surface area contributed by atoms with Gasteiger partial charge in [0.15, 0.2) is 0 Å². The molecule has 0 aliphatic heterocycles. The van der Waals surface area contributed by atoms with Crippen molar-refractivity contribution in [3.8, 4) is 0 Å². The first kappa shape index (κ1) is 14.5. The molecular weight excluding hydrogens is 279 g/mol. The second-order valence-electron chi connectivity index (χ2n) is 4.30. The molecule has 0 spiro atoms. The van der Waals surface area contributed by atoms with Crippen molar-refractivity contribution in [2.24, 2.45) is 5.73 Å². The smallest absolute Gasteiger partial charge is 0.264 e. The van der Waals surface area contributed by atoms with Crippen molar-refractivity contribution in [2.75, 3.05) is 11.4 Å². The zero-order valence-electron chi connectivity index (χ0n) is 11.0. The van der Waals surface area contributed by atoms with Gasteiger partial charge in [-0.3, -0.25) is 4.31 Å². The molecule has 0 saturated heterocycles. The number of halogens is 1. The van der Waals surface area contributed by atoms with Gasteiger partial charge in [0.05, 0.1) is 10.6 Å². The lowest BCUT2D eigenvalue weighted by Gasteiger charge is -2.19. The molecular formula is C14H15FN2O2S. The Kier molecular flexibility index (Phi) is 4.06. The normalized spacial score (nSPS) is 11.3. The molecule has 0 saturated carbocycles. The van der Waals surface area contributed by atoms with Crippen molar-refractivity contribution in [3.05, 3.63) is 59.9 Å². The van der Waals surface area contributed by atoms with Gasteiger partial charge in [0, 0.05) is 13.6 Å². The number of hydrogen-bond acceptors (Lipinski definition) is 3. The van der Waals surface area contributed by atoms with Gasteiger partial charge in [0.25, 0.3) is 10.0 Å². The van der Waals surface area contributed by atoms with Gasteiger partial charge in [-0.1, -0.05) is 18.2 Å².